The minimum absolute atomic E-state index is 0.205. The molecule has 0 aromatic rings. The van der Waals surface area contributed by atoms with Gasteiger partial charge in [0.1, 0.15) is 0 Å². The zero-order valence-electron chi connectivity index (χ0n) is 11.0. The van der Waals surface area contributed by atoms with Gasteiger partial charge in [-0.1, -0.05) is 36.2 Å². The van der Waals surface area contributed by atoms with Crippen molar-refractivity contribution >= 4 is 21.8 Å². The van der Waals surface area contributed by atoms with Crippen molar-refractivity contribution in [2.45, 2.75) is 69.7 Å². The van der Waals surface area contributed by atoms with Crippen LogP contribution in [0.3, 0.4) is 0 Å². The molecule has 0 saturated heterocycles. The summed E-state index contributed by atoms with van der Waals surface area (Å²) in [6, 6.07) is 0.424. The molecule has 3 heteroatoms. The summed E-state index contributed by atoms with van der Waals surface area (Å²) < 4.78 is 0. The lowest BCUT2D eigenvalue weighted by molar-refractivity contribution is -0.128. The Morgan fingerprint density at radius 3 is 2.35 bits per heavy atom. The van der Waals surface area contributed by atoms with Gasteiger partial charge in [0.05, 0.1) is 0 Å². The van der Waals surface area contributed by atoms with Crippen LogP contribution in [0, 0.1) is 11.3 Å². The zero-order chi connectivity index (χ0) is 12.5. The first kappa shape index (κ1) is 13.4. The smallest absolute Gasteiger partial charge is 0.223 e. The molecule has 1 amide bonds. The molecule has 1 atom stereocenters. The number of hydrogen-bond acceptors (Lipinski definition) is 1. The highest BCUT2D eigenvalue weighted by Crippen LogP contribution is 2.42. The molecule has 17 heavy (non-hydrogen) atoms. The normalized spacial score (nSPS) is 36.8. The molecule has 0 aliphatic heterocycles. The van der Waals surface area contributed by atoms with E-state index in [4.69, 9.17) is 0 Å². The summed E-state index contributed by atoms with van der Waals surface area (Å²) >= 11 is 3.65. The molecule has 0 aromatic carbocycles. The highest BCUT2D eigenvalue weighted by molar-refractivity contribution is 9.09. The van der Waals surface area contributed by atoms with Gasteiger partial charge in [-0.15, -0.1) is 0 Å². The van der Waals surface area contributed by atoms with Crippen molar-refractivity contribution in [1.29, 1.82) is 0 Å². The first-order valence-corrected chi connectivity index (χ1v) is 7.85. The van der Waals surface area contributed by atoms with E-state index < -0.39 is 0 Å². The van der Waals surface area contributed by atoms with Crippen LogP contribution in [0.15, 0.2) is 0 Å². The zero-order valence-corrected chi connectivity index (χ0v) is 12.6. The van der Waals surface area contributed by atoms with Crippen LogP contribution >= 0.6 is 15.9 Å². The Labute approximate surface area is 113 Å². The number of nitrogens with one attached hydrogen (secondary N) is 1. The van der Waals surface area contributed by atoms with Crippen molar-refractivity contribution in [3.63, 3.8) is 0 Å². The summed E-state index contributed by atoms with van der Waals surface area (Å²) in [5.41, 5.74) is 0.205. The number of alkyl halides is 1. The monoisotopic (exact) mass is 301 g/mol. The molecule has 2 aliphatic carbocycles. The van der Waals surface area contributed by atoms with Crippen LogP contribution in [0.2, 0.25) is 0 Å². The van der Waals surface area contributed by atoms with Gasteiger partial charge in [-0.05, 0) is 43.9 Å². The lowest BCUT2D eigenvalue weighted by Gasteiger charge is -2.31. The van der Waals surface area contributed by atoms with Crippen molar-refractivity contribution in [2.24, 2.45) is 11.3 Å². The molecule has 0 radical (unpaired) electrons. The molecule has 0 bridgehead atoms. The second kappa shape index (κ2) is 5.29. The number of hydrogen-bond donors (Lipinski definition) is 1. The third kappa shape index (κ3) is 3.24. The third-order valence-electron chi connectivity index (χ3n) is 4.58. The fraction of sp³-hybridized carbons (Fsp3) is 0.929. The lowest BCUT2D eigenvalue weighted by atomic mass is 9.81. The van der Waals surface area contributed by atoms with E-state index in [0.717, 1.165) is 19.3 Å². The first-order chi connectivity index (χ1) is 7.99. The second-order valence-electron chi connectivity index (χ2n) is 6.39. The summed E-state index contributed by atoms with van der Waals surface area (Å²) in [5.74, 6) is 0.551. The fourth-order valence-electron chi connectivity index (χ4n) is 3.31. The Balaban J connectivity index is 1.85. The summed E-state index contributed by atoms with van der Waals surface area (Å²) in [7, 11) is 0. The van der Waals surface area contributed by atoms with Gasteiger partial charge in [-0.2, -0.15) is 0 Å². The molecular weight excluding hydrogens is 278 g/mol. The predicted octanol–water partition coefficient (Wildman–Crippen LogP) is 3.64. The van der Waals surface area contributed by atoms with E-state index in [-0.39, 0.29) is 11.3 Å². The van der Waals surface area contributed by atoms with Crippen molar-refractivity contribution in [3.8, 4) is 0 Å². The van der Waals surface area contributed by atoms with Gasteiger partial charge in [-0.3, -0.25) is 4.79 Å². The summed E-state index contributed by atoms with van der Waals surface area (Å²) in [5, 5.41) is 3.28. The molecule has 1 N–H and O–H groups in total. The third-order valence-corrected chi connectivity index (χ3v) is 5.49. The highest BCUT2D eigenvalue weighted by atomic mass is 79.9. The molecule has 0 heterocycles. The number of carbonyl (C=O) groups excluding carboxylic acids is 1. The van der Waals surface area contributed by atoms with Crippen LogP contribution in [-0.4, -0.2) is 16.8 Å². The molecule has 2 fully saturated rings. The number of amides is 1. The van der Waals surface area contributed by atoms with Crippen molar-refractivity contribution in [2.75, 3.05) is 0 Å². The Kier molecular flexibility index (Phi) is 4.17. The maximum atomic E-state index is 12.3. The minimum atomic E-state index is 0.205. The van der Waals surface area contributed by atoms with Gasteiger partial charge in [0.15, 0.2) is 0 Å². The molecule has 2 saturated carbocycles. The molecule has 2 rings (SSSR count). The topological polar surface area (TPSA) is 29.1 Å². The van der Waals surface area contributed by atoms with E-state index in [1.807, 2.05) is 0 Å². The minimum Gasteiger partial charge on any atom is -0.353 e. The largest absolute Gasteiger partial charge is 0.353 e. The van der Waals surface area contributed by atoms with Gasteiger partial charge in [0, 0.05) is 16.8 Å². The lowest BCUT2D eigenvalue weighted by Crippen LogP contribution is -2.43. The van der Waals surface area contributed by atoms with Crippen LogP contribution in [-0.2, 0) is 4.79 Å². The van der Waals surface area contributed by atoms with E-state index in [9.17, 15) is 4.79 Å². The summed E-state index contributed by atoms with van der Waals surface area (Å²) in [6.45, 7) is 4.47. The average molecular weight is 302 g/mol. The molecule has 0 spiro atoms. The van der Waals surface area contributed by atoms with Crippen LogP contribution in [0.25, 0.3) is 0 Å². The van der Waals surface area contributed by atoms with E-state index >= 15 is 0 Å². The Morgan fingerprint density at radius 1 is 1.18 bits per heavy atom. The van der Waals surface area contributed by atoms with Crippen LogP contribution in [0.4, 0.5) is 0 Å². The van der Waals surface area contributed by atoms with Gasteiger partial charge >= 0.3 is 0 Å². The highest BCUT2D eigenvalue weighted by Gasteiger charge is 2.39. The second-order valence-corrected chi connectivity index (χ2v) is 7.69. The standard InChI is InChI=1S/C14H24BrNO/c1-14(2)9-3-4-12(14)13(17)16-11-7-5-10(15)6-8-11/h10-12H,3-9H2,1-2H3,(H,16,17). The van der Waals surface area contributed by atoms with E-state index in [1.54, 1.807) is 0 Å². The first-order valence-electron chi connectivity index (χ1n) is 6.93. The quantitative estimate of drug-likeness (QED) is 0.775. The molecule has 2 aliphatic rings. The maximum Gasteiger partial charge on any atom is 0.223 e. The van der Waals surface area contributed by atoms with Crippen LogP contribution < -0.4 is 5.32 Å². The molecular formula is C14H24BrNO. The Bertz CT molecular complexity index is 282. The fourth-order valence-corrected chi connectivity index (χ4v) is 3.84. The molecule has 98 valence electrons. The summed E-state index contributed by atoms with van der Waals surface area (Å²) in [6.07, 6.45) is 8.13. The Hall–Kier alpha value is -0.0500. The molecule has 0 aromatic heterocycles. The van der Waals surface area contributed by atoms with Crippen molar-refractivity contribution < 1.29 is 4.79 Å². The van der Waals surface area contributed by atoms with Gasteiger partial charge < -0.3 is 5.32 Å². The SMILES string of the molecule is CC1(C)CCCC1C(=O)NC1CCC(Br)CC1. The van der Waals surface area contributed by atoms with E-state index in [1.165, 1.54) is 25.7 Å². The van der Waals surface area contributed by atoms with Crippen LogP contribution in [0.1, 0.15) is 58.8 Å². The van der Waals surface area contributed by atoms with Crippen molar-refractivity contribution in [3.05, 3.63) is 0 Å². The number of rotatable bonds is 2. The molecule has 2 nitrogen and oxygen atoms in total. The Morgan fingerprint density at radius 2 is 1.82 bits per heavy atom. The molecule has 1 unspecified atom stereocenters. The van der Waals surface area contributed by atoms with Gasteiger partial charge in [-0.25, -0.2) is 0 Å². The van der Waals surface area contributed by atoms with E-state index in [2.05, 4.69) is 35.1 Å². The average Bonchev–Trinajstić information content (AvgIpc) is 2.61. The predicted molar refractivity (Wildman–Crippen MR) is 74.2 cm³/mol. The van der Waals surface area contributed by atoms with Gasteiger partial charge in [0.25, 0.3) is 0 Å². The summed E-state index contributed by atoms with van der Waals surface area (Å²) in [4.78, 5) is 13.0. The van der Waals surface area contributed by atoms with E-state index in [0.29, 0.717) is 16.8 Å². The number of halogens is 1. The van der Waals surface area contributed by atoms with Crippen LogP contribution in [0.5, 0.6) is 0 Å². The van der Waals surface area contributed by atoms with Crippen molar-refractivity contribution in [1.82, 2.24) is 5.32 Å². The van der Waals surface area contributed by atoms with Gasteiger partial charge in [0.2, 0.25) is 5.91 Å². The maximum absolute atomic E-state index is 12.3. The number of carbonyl (C=O) groups is 1.